The SMILES string of the molecule is CC(OC(=O)c1ccc(-c2ncc[nH]2)cc1)C(=O)N1c2ccccc2Sc2ccccc21. The molecule has 3 aromatic carbocycles. The average molecular weight is 442 g/mol. The molecule has 0 saturated carbocycles. The fourth-order valence-electron chi connectivity index (χ4n) is 3.59. The summed E-state index contributed by atoms with van der Waals surface area (Å²) in [5, 5.41) is 0. The molecule has 32 heavy (non-hydrogen) atoms. The van der Waals surface area contributed by atoms with Crippen molar-refractivity contribution >= 4 is 35.0 Å². The Balaban J connectivity index is 1.37. The molecular formula is C25H19N3O3S. The van der Waals surface area contributed by atoms with Crippen LogP contribution in [0.3, 0.4) is 0 Å². The van der Waals surface area contributed by atoms with E-state index in [4.69, 9.17) is 4.74 Å². The molecule has 0 fully saturated rings. The van der Waals surface area contributed by atoms with Gasteiger partial charge in [-0.05, 0) is 43.3 Å². The number of fused-ring (bicyclic) bond motifs is 2. The predicted molar refractivity (Wildman–Crippen MR) is 123 cm³/mol. The Labute approximate surface area is 189 Å². The zero-order chi connectivity index (χ0) is 22.1. The van der Waals surface area contributed by atoms with E-state index >= 15 is 0 Å². The molecule has 158 valence electrons. The normalized spacial score (nSPS) is 13.1. The number of rotatable bonds is 4. The summed E-state index contributed by atoms with van der Waals surface area (Å²) in [6.45, 7) is 1.60. The molecule has 6 nitrogen and oxygen atoms in total. The van der Waals surface area contributed by atoms with Crippen LogP contribution in [0.25, 0.3) is 11.4 Å². The molecule has 1 amide bonds. The highest BCUT2D eigenvalue weighted by Crippen LogP contribution is 2.48. The number of para-hydroxylation sites is 2. The number of carbonyl (C=O) groups is 2. The minimum absolute atomic E-state index is 0.300. The van der Waals surface area contributed by atoms with Gasteiger partial charge in [0.05, 0.1) is 16.9 Å². The number of nitrogens with zero attached hydrogens (tertiary/aromatic N) is 2. The van der Waals surface area contributed by atoms with Crippen molar-refractivity contribution in [1.82, 2.24) is 9.97 Å². The van der Waals surface area contributed by atoms with Gasteiger partial charge in [-0.2, -0.15) is 0 Å². The molecule has 0 aliphatic carbocycles. The van der Waals surface area contributed by atoms with Gasteiger partial charge in [0.1, 0.15) is 5.82 Å². The third-order valence-corrected chi connectivity index (χ3v) is 6.31. The van der Waals surface area contributed by atoms with Crippen LogP contribution in [0, 0.1) is 0 Å². The third kappa shape index (κ3) is 3.67. The van der Waals surface area contributed by atoms with Crippen LogP contribution in [0.5, 0.6) is 0 Å². The Kier molecular flexibility index (Phi) is 5.25. The van der Waals surface area contributed by atoms with Crippen molar-refractivity contribution in [2.24, 2.45) is 0 Å². The lowest BCUT2D eigenvalue weighted by molar-refractivity contribution is -0.125. The van der Waals surface area contributed by atoms with Gasteiger partial charge in [-0.15, -0.1) is 0 Å². The first-order valence-corrected chi connectivity index (χ1v) is 10.9. The first-order valence-electron chi connectivity index (χ1n) is 10.1. The summed E-state index contributed by atoms with van der Waals surface area (Å²) in [6.07, 6.45) is 2.44. The second-order valence-electron chi connectivity index (χ2n) is 7.27. The highest BCUT2D eigenvalue weighted by molar-refractivity contribution is 7.99. The topological polar surface area (TPSA) is 75.3 Å². The number of amides is 1. The van der Waals surface area contributed by atoms with E-state index in [-0.39, 0.29) is 5.91 Å². The van der Waals surface area contributed by atoms with E-state index in [2.05, 4.69) is 9.97 Å². The number of ether oxygens (including phenoxy) is 1. The molecular weight excluding hydrogens is 422 g/mol. The van der Waals surface area contributed by atoms with Crippen molar-refractivity contribution in [3.63, 3.8) is 0 Å². The minimum Gasteiger partial charge on any atom is -0.449 e. The smallest absolute Gasteiger partial charge is 0.338 e. The second-order valence-corrected chi connectivity index (χ2v) is 8.36. The lowest BCUT2D eigenvalue weighted by atomic mass is 10.1. The Morgan fingerprint density at radius 3 is 2.16 bits per heavy atom. The molecule has 1 unspecified atom stereocenters. The number of hydrogen-bond donors (Lipinski definition) is 1. The van der Waals surface area contributed by atoms with Gasteiger partial charge < -0.3 is 9.72 Å². The molecule has 2 heterocycles. The van der Waals surface area contributed by atoms with Gasteiger partial charge in [0.25, 0.3) is 5.91 Å². The summed E-state index contributed by atoms with van der Waals surface area (Å²) in [7, 11) is 0. The Bertz CT molecular complexity index is 1240. The van der Waals surface area contributed by atoms with Gasteiger partial charge in [0.15, 0.2) is 6.10 Å². The number of hydrogen-bond acceptors (Lipinski definition) is 5. The number of anilines is 2. The van der Waals surface area contributed by atoms with Crippen LogP contribution in [0.1, 0.15) is 17.3 Å². The number of aromatic nitrogens is 2. The highest BCUT2D eigenvalue weighted by Gasteiger charge is 2.32. The zero-order valence-electron chi connectivity index (χ0n) is 17.2. The number of imidazole rings is 1. The van der Waals surface area contributed by atoms with Crippen LogP contribution in [-0.4, -0.2) is 27.9 Å². The van der Waals surface area contributed by atoms with Crippen molar-refractivity contribution in [3.8, 4) is 11.4 Å². The summed E-state index contributed by atoms with van der Waals surface area (Å²) in [6, 6.07) is 22.3. The molecule has 1 aromatic heterocycles. The maximum Gasteiger partial charge on any atom is 0.338 e. The average Bonchev–Trinajstić information content (AvgIpc) is 3.37. The van der Waals surface area contributed by atoms with E-state index in [1.54, 1.807) is 60.2 Å². The molecule has 1 aliphatic heterocycles. The predicted octanol–water partition coefficient (Wildman–Crippen LogP) is 5.45. The molecule has 1 aliphatic rings. The maximum absolute atomic E-state index is 13.4. The monoisotopic (exact) mass is 441 g/mol. The minimum atomic E-state index is -0.962. The summed E-state index contributed by atoms with van der Waals surface area (Å²) in [5.41, 5.74) is 2.79. The number of nitrogens with one attached hydrogen (secondary N) is 1. The molecule has 1 N–H and O–H groups in total. The Morgan fingerprint density at radius 2 is 1.56 bits per heavy atom. The van der Waals surface area contributed by atoms with Gasteiger partial charge in [-0.25, -0.2) is 9.78 Å². The molecule has 5 rings (SSSR count). The first-order chi connectivity index (χ1) is 15.6. The second kappa shape index (κ2) is 8.36. The van der Waals surface area contributed by atoms with Crippen LogP contribution in [0.4, 0.5) is 11.4 Å². The Hall–Kier alpha value is -3.84. The third-order valence-electron chi connectivity index (χ3n) is 5.18. The van der Waals surface area contributed by atoms with Crippen LogP contribution in [0.2, 0.25) is 0 Å². The fourth-order valence-corrected chi connectivity index (χ4v) is 4.65. The van der Waals surface area contributed by atoms with Crippen molar-refractivity contribution in [2.45, 2.75) is 22.8 Å². The van der Waals surface area contributed by atoms with Gasteiger partial charge in [0, 0.05) is 27.7 Å². The summed E-state index contributed by atoms with van der Waals surface area (Å²) in [4.78, 5) is 37.0. The largest absolute Gasteiger partial charge is 0.449 e. The quantitative estimate of drug-likeness (QED) is 0.426. The van der Waals surface area contributed by atoms with E-state index in [0.29, 0.717) is 11.4 Å². The van der Waals surface area contributed by atoms with E-state index < -0.39 is 12.1 Å². The first kappa shape index (κ1) is 20.1. The molecule has 0 radical (unpaired) electrons. The van der Waals surface area contributed by atoms with Gasteiger partial charge >= 0.3 is 5.97 Å². The van der Waals surface area contributed by atoms with Gasteiger partial charge in [-0.1, -0.05) is 48.2 Å². The lowest BCUT2D eigenvalue weighted by Crippen LogP contribution is -2.38. The van der Waals surface area contributed by atoms with Crippen LogP contribution in [0.15, 0.2) is 95.0 Å². The number of carbonyl (C=O) groups excluding carboxylic acids is 2. The molecule has 0 bridgehead atoms. The van der Waals surface area contributed by atoms with Gasteiger partial charge in [-0.3, -0.25) is 9.69 Å². The van der Waals surface area contributed by atoms with E-state index in [0.717, 1.165) is 26.7 Å². The number of aromatic amines is 1. The van der Waals surface area contributed by atoms with Crippen molar-refractivity contribution < 1.29 is 14.3 Å². The van der Waals surface area contributed by atoms with Crippen LogP contribution >= 0.6 is 11.8 Å². The van der Waals surface area contributed by atoms with Crippen molar-refractivity contribution in [1.29, 1.82) is 0 Å². The molecule has 1 atom stereocenters. The van der Waals surface area contributed by atoms with Gasteiger partial charge in [0.2, 0.25) is 0 Å². The van der Waals surface area contributed by atoms with E-state index in [1.165, 1.54) is 0 Å². The maximum atomic E-state index is 13.4. The number of esters is 1. The standard InChI is InChI=1S/C25H19N3O3S/c1-16(31-25(30)18-12-10-17(11-13-18)23-26-14-15-27-23)24(29)28-19-6-2-4-8-21(19)32-22-9-5-3-7-20(22)28/h2-16H,1H3,(H,26,27). The molecule has 4 aromatic rings. The number of benzene rings is 3. The Morgan fingerprint density at radius 1 is 0.938 bits per heavy atom. The lowest BCUT2D eigenvalue weighted by Gasteiger charge is -2.32. The summed E-state index contributed by atoms with van der Waals surface area (Å²) < 4.78 is 5.55. The van der Waals surface area contributed by atoms with Crippen LogP contribution < -0.4 is 4.90 Å². The van der Waals surface area contributed by atoms with E-state index in [9.17, 15) is 9.59 Å². The van der Waals surface area contributed by atoms with Crippen LogP contribution in [-0.2, 0) is 9.53 Å². The summed E-state index contributed by atoms with van der Waals surface area (Å²) in [5.74, 6) is -0.135. The summed E-state index contributed by atoms with van der Waals surface area (Å²) >= 11 is 1.62. The molecule has 7 heteroatoms. The number of H-pyrrole nitrogens is 1. The molecule has 0 spiro atoms. The zero-order valence-corrected chi connectivity index (χ0v) is 18.0. The highest BCUT2D eigenvalue weighted by atomic mass is 32.2. The van der Waals surface area contributed by atoms with Crippen molar-refractivity contribution in [3.05, 3.63) is 90.8 Å². The molecule has 0 saturated heterocycles. The van der Waals surface area contributed by atoms with Crippen molar-refractivity contribution in [2.75, 3.05) is 4.90 Å². The fraction of sp³-hybridized carbons (Fsp3) is 0.0800. The van der Waals surface area contributed by atoms with E-state index in [1.807, 2.05) is 48.5 Å².